The van der Waals surface area contributed by atoms with Crippen LogP contribution in [-0.2, 0) is 17.7 Å². The third kappa shape index (κ3) is 6.62. The topological polar surface area (TPSA) is 119 Å². The summed E-state index contributed by atoms with van der Waals surface area (Å²) in [6.45, 7) is 7.27. The molecule has 5 rings (SSSR count). The first-order valence-electron chi connectivity index (χ1n) is 14.4. The predicted molar refractivity (Wildman–Crippen MR) is 153 cm³/mol. The fourth-order valence-electron chi connectivity index (χ4n) is 6.05. The zero-order valence-corrected chi connectivity index (χ0v) is 24.3. The molecule has 1 saturated heterocycles. The van der Waals surface area contributed by atoms with Gasteiger partial charge in [0.15, 0.2) is 5.58 Å². The largest absolute Gasteiger partial charge is 0.411 e. The number of likely N-dealkylation sites (tertiary alicyclic amines) is 1. The van der Waals surface area contributed by atoms with E-state index in [1.165, 1.54) is 12.1 Å². The van der Waals surface area contributed by atoms with E-state index in [0.29, 0.717) is 59.6 Å². The highest BCUT2D eigenvalue weighted by Gasteiger charge is 2.38. The molecule has 41 heavy (non-hydrogen) atoms. The van der Waals surface area contributed by atoms with Gasteiger partial charge in [0.25, 0.3) is 5.56 Å². The Bertz CT molecular complexity index is 1410. The van der Waals surface area contributed by atoms with E-state index in [-0.39, 0.29) is 31.5 Å². The van der Waals surface area contributed by atoms with E-state index in [0.717, 1.165) is 56.3 Å². The van der Waals surface area contributed by atoms with Crippen LogP contribution in [0.4, 0.5) is 9.18 Å². The number of nitrogens with one attached hydrogen (secondary N) is 1. The normalized spacial score (nSPS) is 22.1. The van der Waals surface area contributed by atoms with Crippen LogP contribution in [0.25, 0.3) is 11.0 Å². The van der Waals surface area contributed by atoms with E-state index in [2.05, 4.69) is 22.4 Å². The molecule has 0 aliphatic carbocycles. The number of ether oxygens (including phenoxy) is 1. The number of carbonyl (C=O) groups excluding carboxylic acids is 1. The number of aromatic nitrogens is 3. The van der Waals surface area contributed by atoms with Gasteiger partial charge in [-0.1, -0.05) is 18.5 Å². The summed E-state index contributed by atoms with van der Waals surface area (Å²) in [5.41, 5.74) is 2.47. The number of hydrogen-bond acceptors (Lipinski definition) is 7. The number of aliphatic hydroxyl groups is 1. The molecule has 224 valence electrons. The number of aliphatic hydroxyl groups excluding tert-OH is 1. The molecule has 0 spiro atoms. The van der Waals surface area contributed by atoms with Crippen LogP contribution in [0.15, 0.2) is 27.5 Å². The van der Waals surface area contributed by atoms with Crippen molar-refractivity contribution in [1.82, 2.24) is 20.0 Å². The second-order valence-corrected chi connectivity index (χ2v) is 11.2. The lowest BCUT2D eigenvalue weighted by Crippen LogP contribution is -2.56. The number of quaternary nitrogens is 1. The quantitative estimate of drug-likeness (QED) is 0.220. The first-order valence-corrected chi connectivity index (χ1v) is 14.4. The molecule has 0 radical (unpaired) electrons. The van der Waals surface area contributed by atoms with Crippen molar-refractivity contribution in [1.29, 1.82) is 0 Å². The van der Waals surface area contributed by atoms with Crippen molar-refractivity contribution >= 4 is 17.1 Å². The maximum Gasteiger partial charge on any atom is 0.411 e. The number of fused-ring (bicyclic) bond motifs is 2. The lowest BCUT2D eigenvalue weighted by Gasteiger charge is -2.42. The molecule has 1 aromatic carbocycles. The van der Waals surface area contributed by atoms with Crippen molar-refractivity contribution < 1.29 is 28.0 Å². The third-order valence-corrected chi connectivity index (χ3v) is 8.51. The fraction of sp³-hybridized carbons (Fsp3) is 0.567. The standard InChI is InChI=1S/C29H38FN5O5.CH3/c1-3-4-12-31-29(38)39-18-35(16-11-22-19(2)32-27-24(36)6-5-13-34(27)28(22)37)14-9-20(10-15-35)26-23-8-7-21(30)17-25(23)40-33-26;/h7-8,17,20,24,36H,3-6,9-16,18H2,1-2H3;1H3/q;-1/p+1. The van der Waals surface area contributed by atoms with Crippen LogP contribution in [0.2, 0.25) is 0 Å². The molecule has 2 N–H and O–H groups in total. The Hall–Kier alpha value is -3.31. The van der Waals surface area contributed by atoms with Gasteiger partial charge in [0, 0.05) is 61.0 Å². The summed E-state index contributed by atoms with van der Waals surface area (Å²) in [6, 6.07) is 4.49. The van der Waals surface area contributed by atoms with Crippen molar-refractivity contribution in [3.63, 3.8) is 0 Å². The third-order valence-electron chi connectivity index (χ3n) is 8.51. The number of unbranched alkanes of at least 4 members (excludes halogenated alkanes) is 1. The minimum atomic E-state index is -0.713. The van der Waals surface area contributed by atoms with Crippen LogP contribution in [0.3, 0.4) is 0 Å². The molecule has 3 aromatic rings. The predicted octanol–water partition coefficient (Wildman–Crippen LogP) is 4.53. The maximum absolute atomic E-state index is 13.7. The molecule has 11 heteroatoms. The van der Waals surface area contributed by atoms with Crippen molar-refractivity contribution in [2.24, 2.45) is 0 Å². The Kier molecular flexibility index (Phi) is 9.80. The van der Waals surface area contributed by atoms with Crippen molar-refractivity contribution in [2.45, 2.75) is 77.4 Å². The maximum atomic E-state index is 13.7. The average Bonchev–Trinajstić information content (AvgIpc) is 3.36. The summed E-state index contributed by atoms with van der Waals surface area (Å²) in [6.07, 6.45) is 4.13. The molecule has 1 fully saturated rings. The molecule has 0 saturated carbocycles. The fourth-order valence-corrected chi connectivity index (χ4v) is 6.05. The number of rotatable bonds is 9. The Morgan fingerprint density at radius 2 is 2.07 bits per heavy atom. The summed E-state index contributed by atoms with van der Waals surface area (Å²) < 4.78 is 26.9. The number of alkyl carbamates (subject to hydrolysis) is 1. The first kappa shape index (κ1) is 30.6. The van der Waals surface area contributed by atoms with Gasteiger partial charge < -0.3 is 27.1 Å². The number of aryl methyl sites for hydroxylation is 1. The van der Waals surface area contributed by atoms with Gasteiger partial charge >= 0.3 is 6.09 Å². The summed E-state index contributed by atoms with van der Waals surface area (Å²) >= 11 is 0. The van der Waals surface area contributed by atoms with Gasteiger partial charge in [-0.15, -0.1) is 0 Å². The van der Waals surface area contributed by atoms with Gasteiger partial charge in [0.2, 0.25) is 6.73 Å². The SMILES string of the molecule is CCCCNC(=O)OC[N+]1(CCc2c(C)nc3n(c2=O)CCCC3O)CCC(c2noc3cc(F)ccc23)CC1.[CH3-]. The number of piperidine rings is 1. The van der Waals surface area contributed by atoms with E-state index in [4.69, 9.17) is 9.26 Å². The van der Waals surface area contributed by atoms with Crippen molar-refractivity contribution in [3.05, 3.63) is 64.6 Å². The number of halogens is 1. The highest BCUT2D eigenvalue weighted by molar-refractivity contribution is 5.79. The summed E-state index contributed by atoms with van der Waals surface area (Å²) in [4.78, 5) is 30.4. The number of benzene rings is 1. The number of nitrogens with zero attached hydrogens (tertiary/aromatic N) is 4. The monoisotopic (exact) mass is 571 g/mol. The number of hydrogen-bond donors (Lipinski definition) is 2. The smallest absolute Gasteiger partial charge is 0.399 e. The molecular weight excluding hydrogens is 529 g/mol. The van der Waals surface area contributed by atoms with E-state index in [1.807, 2.05) is 6.92 Å². The highest BCUT2D eigenvalue weighted by Crippen LogP contribution is 2.35. The number of amides is 1. The Balaban J connectivity index is 0.00000387. The van der Waals surface area contributed by atoms with Crippen LogP contribution < -0.4 is 10.9 Å². The second kappa shape index (κ2) is 13.1. The van der Waals surface area contributed by atoms with Crippen LogP contribution in [-0.4, -0.2) is 63.3 Å². The minimum Gasteiger partial charge on any atom is -0.399 e. The minimum absolute atomic E-state index is 0. The van der Waals surface area contributed by atoms with Gasteiger partial charge in [0.1, 0.15) is 17.7 Å². The molecule has 1 amide bonds. The van der Waals surface area contributed by atoms with E-state index < -0.39 is 12.2 Å². The Morgan fingerprint density at radius 1 is 1.29 bits per heavy atom. The van der Waals surface area contributed by atoms with Gasteiger partial charge in [-0.05, 0) is 38.3 Å². The van der Waals surface area contributed by atoms with Crippen molar-refractivity contribution in [3.8, 4) is 0 Å². The van der Waals surface area contributed by atoms with Gasteiger partial charge in [-0.25, -0.2) is 14.2 Å². The van der Waals surface area contributed by atoms with E-state index >= 15 is 0 Å². The molecule has 10 nitrogen and oxygen atoms in total. The molecular formula is C30H42FN5O5. The van der Waals surface area contributed by atoms with Crippen LogP contribution in [0.5, 0.6) is 0 Å². The van der Waals surface area contributed by atoms with Gasteiger partial charge in [0.05, 0.1) is 25.3 Å². The molecule has 0 bridgehead atoms. The molecule has 1 atom stereocenters. The van der Waals surface area contributed by atoms with Crippen LogP contribution in [0, 0.1) is 20.2 Å². The van der Waals surface area contributed by atoms with Crippen LogP contribution in [0.1, 0.15) is 80.2 Å². The molecule has 4 heterocycles. The van der Waals surface area contributed by atoms with Gasteiger partial charge in [-0.2, -0.15) is 0 Å². The van der Waals surface area contributed by atoms with Crippen LogP contribution >= 0.6 is 0 Å². The summed E-state index contributed by atoms with van der Waals surface area (Å²) in [5.74, 6) is 0.228. The van der Waals surface area contributed by atoms with E-state index in [1.54, 1.807) is 10.6 Å². The van der Waals surface area contributed by atoms with Crippen molar-refractivity contribution in [2.75, 3.05) is 32.9 Å². The van der Waals surface area contributed by atoms with Gasteiger partial charge in [-0.3, -0.25) is 13.8 Å². The number of carbonyl (C=O) groups is 1. The Morgan fingerprint density at radius 3 is 2.83 bits per heavy atom. The Labute approximate surface area is 240 Å². The molecule has 2 aliphatic rings. The van der Waals surface area contributed by atoms with E-state index in [9.17, 15) is 19.1 Å². The zero-order chi connectivity index (χ0) is 28.3. The second-order valence-electron chi connectivity index (χ2n) is 11.2. The molecule has 1 unspecified atom stereocenters. The first-order chi connectivity index (χ1) is 19.3. The zero-order valence-electron chi connectivity index (χ0n) is 24.3. The summed E-state index contributed by atoms with van der Waals surface area (Å²) in [5, 5.41) is 18.3. The molecule has 2 aliphatic heterocycles. The average molecular weight is 572 g/mol. The lowest BCUT2D eigenvalue weighted by molar-refractivity contribution is -0.947. The lowest BCUT2D eigenvalue weighted by atomic mass is 9.90. The summed E-state index contributed by atoms with van der Waals surface area (Å²) in [7, 11) is 0. The molecule has 2 aromatic heterocycles. The highest BCUT2D eigenvalue weighted by atomic mass is 19.1.